The van der Waals surface area contributed by atoms with Crippen LogP contribution in [0.15, 0.2) is 18.2 Å². The van der Waals surface area contributed by atoms with Gasteiger partial charge in [-0.05, 0) is 18.1 Å². The predicted molar refractivity (Wildman–Crippen MR) is 70.5 cm³/mol. The number of β-amino-alcohol motifs (C(OH)–C–C–N with tert-alkyl or cyclic N) is 1. The summed E-state index contributed by atoms with van der Waals surface area (Å²) >= 11 is 0. The lowest BCUT2D eigenvalue weighted by Crippen LogP contribution is -2.62. The van der Waals surface area contributed by atoms with Gasteiger partial charge in [-0.1, -0.05) is 12.1 Å². The number of benzene rings is 1. The van der Waals surface area contributed by atoms with Gasteiger partial charge in [0.2, 0.25) is 0 Å². The van der Waals surface area contributed by atoms with E-state index in [9.17, 15) is 29.2 Å². The van der Waals surface area contributed by atoms with Gasteiger partial charge < -0.3 is 20.4 Å². The molecule has 0 aromatic heterocycles. The Morgan fingerprint density at radius 1 is 1.14 bits per heavy atom. The summed E-state index contributed by atoms with van der Waals surface area (Å²) in [5.41, 5.74) is 0.182. The fraction of sp³-hybridized carbons (Fsp3) is 0.571. The van der Waals surface area contributed by atoms with Crippen molar-refractivity contribution in [3.63, 3.8) is 0 Å². The second-order valence-corrected chi connectivity index (χ2v) is 5.26. The van der Waals surface area contributed by atoms with Crippen molar-refractivity contribution < 1.29 is 29.2 Å². The maximum atomic E-state index is 13.6. The van der Waals surface area contributed by atoms with Gasteiger partial charge >= 0.3 is 0 Å². The van der Waals surface area contributed by atoms with Crippen molar-refractivity contribution in [2.24, 2.45) is 0 Å². The van der Waals surface area contributed by atoms with Crippen molar-refractivity contribution in [1.82, 2.24) is 4.90 Å². The maximum Gasteiger partial charge on any atom is 0.162 e. The topological polar surface area (TPSA) is 84.2 Å². The summed E-state index contributed by atoms with van der Waals surface area (Å²) in [5.74, 6) is -1.85. The van der Waals surface area contributed by atoms with E-state index in [4.69, 9.17) is 0 Å². The van der Waals surface area contributed by atoms with Crippen molar-refractivity contribution in [1.29, 1.82) is 0 Å². The Hall–Kier alpha value is -1.12. The van der Waals surface area contributed by atoms with Crippen LogP contribution in [0.25, 0.3) is 0 Å². The molecule has 7 heteroatoms. The maximum absolute atomic E-state index is 13.6. The first-order valence-corrected chi connectivity index (χ1v) is 6.77. The first kappa shape index (κ1) is 16.3. The molecule has 1 aliphatic rings. The minimum absolute atomic E-state index is 0.0421. The molecule has 2 rings (SSSR count). The average molecular weight is 303 g/mol. The summed E-state index contributed by atoms with van der Waals surface area (Å²) in [5, 5.41) is 38.4. The molecule has 1 heterocycles. The van der Waals surface area contributed by atoms with Crippen molar-refractivity contribution >= 4 is 0 Å². The van der Waals surface area contributed by atoms with Crippen molar-refractivity contribution in [3.8, 4) is 0 Å². The van der Waals surface area contributed by atoms with Crippen molar-refractivity contribution in [3.05, 3.63) is 35.4 Å². The lowest BCUT2D eigenvalue weighted by atomic mass is 9.94. The molecule has 0 saturated carbocycles. The Morgan fingerprint density at radius 3 is 2.52 bits per heavy atom. The standard InChI is InChI=1S/C14H19F2NO4/c15-9-3-1-2-8(12(9)16)4-5-17-6-11(19)14(21)13(20)10(17)7-18/h1-3,10-11,13-14,18-21H,4-7H2/t10-,11+,13-,14-/m1/s1. The molecular formula is C14H19F2NO4. The Morgan fingerprint density at radius 2 is 1.86 bits per heavy atom. The Balaban J connectivity index is 2.06. The largest absolute Gasteiger partial charge is 0.395 e. The summed E-state index contributed by atoms with van der Waals surface area (Å²) in [4.78, 5) is 1.56. The third-order valence-corrected chi connectivity index (χ3v) is 3.92. The van der Waals surface area contributed by atoms with Gasteiger partial charge in [-0.15, -0.1) is 0 Å². The Labute approximate surface area is 121 Å². The van der Waals surface area contributed by atoms with Gasteiger partial charge in [0.1, 0.15) is 12.2 Å². The van der Waals surface area contributed by atoms with Gasteiger partial charge in [0.25, 0.3) is 0 Å². The summed E-state index contributed by atoms with van der Waals surface area (Å²) in [7, 11) is 0. The van der Waals surface area contributed by atoms with E-state index in [2.05, 4.69) is 0 Å². The summed E-state index contributed by atoms with van der Waals surface area (Å²) in [6.07, 6.45) is -3.61. The van der Waals surface area contributed by atoms with Crippen LogP contribution in [0.5, 0.6) is 0 Å². The summed E-state index contributed by atoms with van der Waals surface area (Å²) in [6.45, 7) is -0.149. The zero-order chi connectivity index (χ0) is 15.6. The molecule has 0 spiro atoms. The predicted octanol–water partition coefficient (Wildman–Crippen LogP) is -0.734. The fourth-order valence-corrected chi connectivity index (χ4v) is 2.64. The fourth-order valence-electron chi connectivity index (χ4n) is 2.64. The van der Waals surface area contributed by atoms with E-state index in [1.165, 1.54) is 12.1 Å². The van der Waals surface area contributed by atoms with Crippen LogP contribution in [-0.2, 0) is 6.42 Å². The van der Waals surface area contributed by atoms with Crippen LogP contribution in [0.3, 0.4) is 0 Å². The van der Waals surface area contributed by atoms with E-state index in [-0.39, 0.29) is 25.1 Å². The first-order valence-electron chi connectivity index (χ1n) is 6.77. The molecule has 4 N–H and O–H groups in total. The third-order valence-electron chi connectivity index (χ3n) is 3.92. The highest BCUT2D eigenvalue weighted by atomic mass is 19.2. The number of aliphatic hydroxyl groups excluding tert-OH is 4. The Kier molecular flexibility index (Phi) is 5.23. The van der Waals surface area contributed by atoms with Crippen LogP contribution >= 0.6 is 0 Å². The zero-order valence-corrected chi connectivity index (χ0v) is 11.4. The second kappa shape index (κ2) is 6.76. The number of nitrogens with zero attached hydrogens (tertiary/aromatic N) is 1. The van der Waals surface area contributed by atoms with E-state index in [1.807, 2.05) is 0 Å². The number of hydrogen-bond donors (Lipinski definition) is 4. The molecule has 4 atom stereocenters. The molecule has 0 bridgehead atoms. The van der Waals surface area contributed by atoms with Gasteiger partial charge in [0.05, 0.1) is 18.8 Å². The summed E-state index contributed by atoms with van der Waals surface area (Å²) < 4.78 is 26.7. The number of aliphatic hydroxyl groups is 4. The van der Waals surface area contributed by atoms with E-state index >= 15 is 0 Å². The normalized spacial score (nSPS) is 30.6. The van der Waals surface area contributed by atoms with Gasteiger partial charge in [-0.25, -0.2) is 8.78 Å². The van der Waals surface area contributed by atoms with Gasteiger partial charge in [-0.3, -0.25) is 4.90 Å². The van der Waals surface area contributed by atoms with Crippen LogP contribution in [0.4, 0.5) is 8.78 Å². The molecule has 1 aromatic rings. The SMILES string of the molecule is OC[C@@H]1[C@@H](O)[C@H](O)[C@@H](O)CN1CCc1cccc(F)c1F. The highest BCUT2D eigenvalue weighted by Crippen LogP contribution is 2.20. The zero-order valence-electron chi connectivity index (χ0n) is 11.4. The lowest BCUT2D eigenvalue weighted by Gasteiger charge is -2.43. The van der Waals surface area contributed by atoms with Crippen LogP contribution < -0.4 is 0 Å². The minimum Gasteiger partial charge on any atom is -0.395 e. The monoisotopic (exact) mass is 303 g/mol. The number of rotatable bonds is 4. The highest BCUT2D eigenvalue weighted by molar-refractivity contribution is 5.19. The first-order chi connectivity index (χ1) is 9.95. The van der Waals surface area contributed by atoms with Crippen LogP contribution in [-0.4, -0.2) is 69.4 Å². The number of halogens is 2. The quantitative estimate of drug-likeness (QED) is 0.589. The molecule has 1 fully saturated rings. The molecule has 5 nitrogen and oxygen atoms in total. The third kappa shape index (κ3) is 3.38. The molecular weight excluding hydrogens is 284 g/mol. The number of piperidine rings is 1. The van der Waals surface area contributed by atoms with E-state index in [1.54, 1.807) is 4.90 Å². The number of likely N-dealkylation sites (tertiary alicyclic amines) is 1. The molecule has 21 heavy (non-hydrogen) atoms. The number of hydrogen-bond acceptors (Lipinski definition) is 5. The smallest absolute Gasteiger partial charge is 0.162 e. The average Bonchev–Trinajstić information content (AvgIpc) is 2.46. The van der Waals surface area contributed by atoms with Crippen molar-refractivity contribution in [2.75, 3.05) is 19.7 Å². The summed E-state index contributed by atoms with van der Waals surface area (Å²) in [6, 6.07) is 3.14. The van der Waals surface area contributed by atoms with E-state index in [0.29, 0.717) is 0 Å². The van der Waals surface area contributed by atoms with Gasteiger partial charge in [0.15, 0.2) is 11.6 Å². The molecule has 1 aliphatic heterocycles. The van der Waals surface area contributed by atoms with E-state index < -0.39 is 42.6 Å². The van der Waals surface area contributed by atoms with Crippen LogP contribution in [0, 0.1) is 11.6 Å². The molecule has 0 amide bonds. The highest BCUT2D eigenvalue weighted by Gasteiger charge is 2.40. The molecule has 0 aliphatic carbocycles. The van der Waals surface area contributed by atoms with E-state index in [0.717, 1.165) is 6.07 Å². The lowest BCUT2D eigenvalue weighted by molar-refractivity contribution is -0.144. The van der Waals surface area contributed by atoms with Crippen molar-refractivity contribution in [2.45, 2.75) is 30.8 Å². The van der Waals surface area contributed by atoms with Gasteiger partial charge in [-0.2, -0.15) is 0 Å². The molecule has 118 valence electrons. The molecule has 1 saturated heterocycles. The Bertz CT molecular complexity index is 488. The van der Waals surface area contributed by atoms with Gasteiger partial charge in [0, 0.05) is 13.1 Å². The van der Waals surface area contributed by atoms with Crippen LogP contribution in [0.1, 0.15) is 5.56 Å². The van der Waals surface area contributed by atoms with Crippen LogP contribution in [0.2, 0.25) is 0 Å². The molecule has 0 unspecified atom stereocenters. The minimum atomic E-state index is -1.33. The molecule has 1 aromatic carbocycles. The second-order valence-electron chi connectivity index (χ2n) is 5.26. The molecule has 0 radical (unpaired) electrons.